The molecule has 6 heteroatoms. The second-order valence-corrected chi connectivity index (χ2v) is 6.62. The molecule has 1 aliphatic carbocycles. The lowest BCUT2D eigenvalue weighted by atomic mass is 10.1. The Morgan fingerprint density at radius 2 is 2.08 bits per heavy atom. The fraction of sp³-hybridized carbons (Fsp3) is 0.263. The van der Waals surface area contributed by atoms with Crippen LogP contribution < -0.4 is 5.32 Å². The van der Waals surface area contributed by atoms with E-state index in [1.807, 2.05) is 32.4 Å². The molecule has 0 unspecified atom stereocenters. The third kappa shape index (κ3) is 2.25. The van der Waals surface area contributed by atoms with Crippen LogP contribution in [0.3, 0.4) is 0 Å². The largest absolute Gasteiger partial charge is 0.373 e. The summed E-state index contributed by atoms with van der Waals surface area (Å²) in [6, 6.07) is 4.05. The summed E-state index contributed by atoms with van der Waals surface area (Å²) in [4.78, 5) is 21.7. The number of hydrogen-bond acceptors (Lipinski definition) is 5. The van der Waals surface area contributed by atoms with Gasteiger partial charge in [0.1, 0.15) is 11.5 Å². The normalized spacial score (nSPS) is 14.3. The Morgan fingerprint density at radius 1 is 1.20 bits per heavy atom. The molecule has 4 aromatic heterocycles. The lowest BCUT2D eigenvalue weighted by molar-refractivity contribution is 1.10. The summed E-state index contributed by atoms with van der Waals surface area (Å²) in [5.74, 6) is 2.15. The zero-order valence-corrected chi connectivity index (χ0v) is 14.2. The maximum absolute atomic E-state index is 4.83. The van der Waals surface area contributed by atoms with Gasteiger partial charge in [0.25, 0.3) is 0 Å². The number of aromatic amines is 1. The van der Waals surface area contributed by atoms with E-state index in [9.17, 15) is 0 Å². The molecule has 0 amide bonds. The molecule has 0 bridgehead atoms. The lowest BCUT2D eigenvalue weighted by Gasteiger charge is -2.11. The van der Waals surface area contributed by atoms with E-state index in [4.69, 9.17) is 9.97 Å². The highest BCUT2D eigenvalue weighted by Gasteiger charge is 2.27. The quantitative estimate of drug-likeness (QED) is 0.597. The van der Waals surface area contributed by atoms with Crippen molar-refractivity contribution < 1.29 is 0 Å². The topological polar surface area (TPSA) is 79.4 Å². The molecule has 0 spiro atoms. The van der Waals surface area contributed by atoms with Crippen molar-refractivity contribution in [2.24, 2.45) is 0 Å². The van der Waals surface area contributed by atoms with Gasteiger partial charge < -0.3 is 10.3 Å². The van der Waals surface area contributed by atoms with E-state index < -0.39 is 0 Å². The third-order valence-electron chi connectivity index (χ3n) is 4.80. The Hall–Kier alpha value is -3.02. The minimum Gasteiger partial charge on any atom is -0.373 e. The van der Waals surface area contributed by atoms with Crippen LogP contribution in [0.15, 0.2) is 30.7 Å². The van der Waals surface area contributed by atoms with Gasteiger partial charge in [-0.15, -0.1) is 0 Å². The van der Waals surface area contributed by atoms with Crippen LogP contribution in [-0.2, 0) is 0 Å². The molecular weight excluding hydrogens is 312 g/mol. The monoisotopic (exact) mass is 330 g/mol. The molecule has 4 heterocycles. The Bertz CT molecular complexity index is 1110. The maximum Gasteiger partial charge on any atom is 0.163 e. The Kier molecular flexibility index (Phi) is 3.00. The first-order valence-electron chi connectivity index (χ1n) is 8.52. The second-order valence-electron chi connectivity index (χ2n) is 6.62. The van der Waals surface area contributed by atoms with E-state index >= 15 is 0 Å². The molecule has 0 aliphatic heterocycles. The molecule has 2 N–H and O–H groups in total. The highest BCUT2D eigenvalue weighted by atomic mass is 15.0. The summed E-state index contributed by atoms with van der Waals surface area (Å²) >= 11 is 0. The van der Waals surface area contributed by atoms with Crippen LogP contribution in [0.2, 0.25) is 0 Å². The molecule has 1 saturated carbocycles. The first kappa shape index (κ1) is 14.3. The number of hydrogen-bond donors (Lipinski definition) is 2. The van der Waals surface area contributed by atoms with Crippen molar-refractivity contribution in [2.45, 2.75) is 25.7 Å². The second kappa shape index (κ2) is 5.24. The van der Waals surface area contributed by atoms with Crippen LogP contribution in [0.4, 0.5) is 5.82 Å². The first-order chi connectivity index (χ1) is 12.2. The van der Waals surface area contributed by atoms with E-state index in [1.54, 1.807) is 6.20 Å². The van der Waals surface area contributed by atoms with Gasteiger partial charge in [-0.25, -0.2) is 15.0 Å². The standard InChI is InChI=1S/C19H18N6/c1-10-7-13-12(5-6-22-17(13)23-10)18-24-15-9-21-8-14(11-3-4-11)16(15)19(20-2)25-18/h5-9,11H,3-4H2,1-2H3,(H,22,23)(H,20,24,25). The Labute approximate surface area is 144 Å². The number of aromatic nitrogens is 5. The van der Waals surface area contributed by atoms with Crippen LogP contribution in [0.25, 0.3) is 33.3 Å². The zero-order valence-electron chi connectivity index (χ0n) is 14.2. The van der Waals surface area contributed by atoms with Crippen LogP contribution in [0.1, 0.15) is 30.0 Å². The van der Waals surface area contributed by atoms with Crippen LogP contribution in [0, 0.1) is 6.92 Å². The number of aryl methyl sites for hydroxylation is 1. The van der Waals surface area contributed by atoms with Crippen LogP contribution >= 0.6 is 0 Å². The molecule has 0 aromatic carbocycles. The van der Waals surface area contributed by atoms with Gasteiger partial charge in [-0.3, -0.25) is 4.98 Å². The van der Waals surface area contributed by atoms with Gasteiger partial charge in [0.05, 0.1) is 11.7 Å². The number of fused-ring (bicyclic) bond motifs is 2. The smallest absolute Gasteiger partial charge is 0.163 e. The summed E-state index contributed by atoms with van der Waals surface area (Å²) in [5.41, 5.74) is 5.04. The number of nitrogens with zero attached hydrogens (tertiary/aromatic N) is 4. The van der Waals surface area contributed by atoms with E-state index in [1.165, 1.54) is 18.4 Å². The minimum atomic E-state index is 0.595. The van der Waals surface area contributed by atoms with Gasteiger partial charge in [-0.05, 0) is 43.4 Å². The van der Waals surface area contributed by atoms with Crippen LogP contribution in [-0.4, -0.2) is 32.0 Å². The molecule has 124 valence electrons. The molecule has 0 atom stereocenters. The van der Waals surface area contributed by atoms with Crippen molar-refractivity contribution in [3.05, 3.63) is 42.0 Å². The molecule has 25 heavy (non-hydrogen) atoms. The molecule has 1 aliphatic rings. The SMILES string of the molecule is CNc1nc(-c2ccnc3[nH]c(C)cc23)nc2cncc(C3CC3)c12. The van der Waals surface area contributed by atoms with Crippen LogP contribution in [0.5, 0.6) is 0 Å². The van der Waals surface area contributed by atoms with Gasteiger partial charge in [0.15, 0.2) is 5.82 Å². The predicted octanol–water partition coefficient (Wildman–Crippen LogP) is 3.80. The van der Waals surface area contributed by atoms with Crippen molar-refractivity contribution in [3.63, 3.8) is 0 Å². The Morgan fingerprint density at radius 3 is 2.88 bits per heavy atom. The highest BCUT2D eigenvalue weighted by Crippen LogP contribution is 2.44. The van der Waals surface area contributed by atoms with Gasteiger partial charge in [0, 0.05) is 41.5 Å². The molecule has 0 radical (unpaired) electrons. The average Bonchev–Trinajstić information content (AvgIpc) is 3.40. The van der Waals surface area contributed by atoms with Gasteiger partial charge in [-0.1, -0.05) is 0 Å². The summed E-state index contributed by atoms with van der Waals surface area (Å²) in [5, 5.41) is 5.39. The van der Waals surface area contributed by atoms with E-state index in [-0.39, 0.29) is 0 Å². The Balaban J connectivity index is 1.79. The van der Waals surface area contributed by atoms with Crippen molar-refractivity contribution in [1.82, 2.24) is 24.9 Å². The first-order valence-corrected chi connectivity index (χ1v) is 8.52. The fourth-order valence-electron chi connectivity index (χ4n) is 3.47. The van der Waals surface area contributed by atoms with Crippen molar-refractivity contribution in [3.8, 4) is 11.4 Å². The number of anilines is 1. The average molecular weight is 330 g/mol. The summed E-state index contributed by atoms with van der Waals surface area (Å²) in [6.07, 6.45) is 8.02. The molecule has 5 rings (SSSR count). The van der Waals surface area contributed by atoms with Gasteiger partial charge in [-0.2, -0.15) is 0 Å². The van der Waals surface area contributed by atoms with E-state index in [0.29, 0.717) is 11.7 Å². The minimum absolute atomic E-state index is 0.595. The van der Waals surface area contributed by atoms with E-state index in [0.717, 1.165) is 39.0 Å². The van der Waals surface area contributed by atoms with Crippen molar-refractivity contribution >= 4 is 27.8 Å². The maximum atomic E-state index is 4.83. The summed E-state index contributed by atoms with van der Waals surface area (Å²) < 4.78 is 0. The number of nitrogens with one attached hydrogen (secondary N) is 2. The highest BCUT2D eigenvalue weighted by molar-refractivity contribution is 5.96. The van der Waals surface area contributed by atoms with Gasteiger partial charge >= 0.3 is 0 Å². The zero-order chi connectivity index (χ0) is 17.0. The lowest BCUT2D eigenvalue weighted by Crippen LogP contribution is -2.01. The summed E-state index contributed by atoms with van der Waals surface area (Å²) in [6.45, 7) is 2.03. The molecule has 0 saturated heterocycles. The summed E-state index contributed by atoms with van der Waals surface area (Å²) in [7, 11) is 1.91. The van der Waals surface area contributed by atoms with Crippen molar-refractivity contribution in [2.75, 3.05) is 12.4 Å². The van der Waals surface area contributed by atoms with Crippen molar-refractivity contribution in [1.29, 1.82) is 0 Å². The molecule has 1 fully saturated rings. The number of H-pyrrole nitrogens is 1. The third-order valence-corrected chi connectivity index (χ3v) is 4.80. The number of pyridine rings is 2. The molecule has 4 aromatic rings. The predicted molar refractivity (Wildman–Crippen MR) is 98.7 cm³/mol. The molecule has 6 nitrogen and oxygen atoms in total. The van der Waals surface area contributed by atoms with Gasteiger partial charge in [0.2, 0.25) is 0 Å². The fourth-order valence-corrected chi connectivity index (χ4v) is 3.47. The molecular formula is C19H18N6. The van der Waals surface area contributed by atoms with E-state index in [2.05, 4.69) is 26.3 Å². The number of rotatable bonds is 3.